The molecule has 0 aliphatic carbocycles. The standard InChI is InChI=1S/C12H14N2O3S/c1-10-8-12(5-4-11(10)9-15)14(7-3-6-13)18(2,16)17/h4-5,8-9H,3,7H2,1-2H3. The number of aryl methyl sites for hydroxylation is 1. The van der Waals surface area contributed by atoms with Crippen molar-refractivity contribution in [1.29, 1.82) is 5.26 Å². The van der Waals surface area contributed by atoms with Gasteiger partial charge in [-0.15, -0.1) is 0 Å². The number of benzene rings is 1. The van der Waals surface area contributed by atoms with E-state index in [-0.39, 0.29) is 13.0 Å². The van der Waals surface area contributed by atoms with Crippen molar-refractivity contribution in [3.63, 3.8) is 0 Å². The molecule has 0 heterocycles. The van der Waals surface area contributed by atoms with E-state index in [0.29, 0.717) is 16.8 Å². The lowest BCUT2D eigenvalue weighted by Crippen LogP contribution is -2.30. The SMILES string of the molecule is Cc1cc(N(CCC#N)S(C)(=O)=O)ccc1C=O. The zero-order valence-corrected chi connectivity index (χ0v) is 11.1. The van der Waals surface area contributed by atoms with E-state index in [9.17, 15) is 13.2 Å². The van der Waals surface area contributed by atoms with Crippen molar-refractivity contribution in [1.82, 2.24) is 0 Å². The average Bonchev–Trinajstić information content (AvgIpc) is 2.28. The van der Waals surface area contributed by atoms with Gasteiger partial charge in [-0.2, -0.15) is 5.26 Å². The van der Waals surface area contributed by atoms with Gasteiger partial charge in [0, 0.05) is 12.1 Å². The first-order chi connectivity index (χ1) is 8.40. The molecule has 0 N–H and O–H groups in total. The Morgan fingerprint density at radius 3 is 2.56 bits per heavy atom. The molecule has 0 saturated heterocycles. The fourth-order valence-corrected chi connectivity index (χ4v) is 2.50. The Morgan fingerprint density at radius 2 is 2.11 bits per heavy atom. The number of hydrogen-bond donors (Lipinski definition) is 0. The molecule has 0 fully saturated rings. The molecule has 1 rings (SSSR count). The van der Waals surface area contributed by atoms with Crippen LogP contribution in [-0.4, -0.2) is 27.5 Å². The second kappa shape index (κ2) is 5.65. The van der Waals surface area contributed by atoms with Crippen LogP contribution < -0.4 is 4.31 Å². The van der Waals surface area contributed by atoms with Crippen LogP contribution in [0.25, 0.3) is 0 Å². The summed E-state index contributed by atoms with van der Waals surface area (Å²) in [6.45, 7) is 1.84. The number of carbonyl (C=O) groups excluding carboxylic acids is 1. The quantitative estimate of drug-likeness (QED) is 0.756. The smallest absolute Gasteiger partial charge is 0.232 e. The predicted octanol–water partition coefficient (Wildman–Crippen LogP) is 1.49. The Labute approximate surface area is 107 Å². The van der Waals surface area contributed by atoms with Gasteiger partial charge in [-0.1, -0.05) is 0 Å². The molecule has 0 aliphatic heterocycles. The lowest BCUT2D eigenvalue weighted by molar-refractivity contribution is 0.112. The van der Waals surface area contributed by atoms with Gasteiger partial charge in [0.15, 0.2) is 0 Å². The van der Waals surface area contributed by atoms with Crippen LogP contribution in [0, 0.1) is 18.3 Å². The van der Waals surface area contributed by atoms with Gasteiger partial charge in [-0.3, -0.25) is 9.10 Å². The summed E-state index contributed by atoms with van der Waals surface area (Å²) in [5, 5.41) is 8.55. The summed E-state index contributed by atoms with van der Waals surface area (Å²) in [6.07, 6.45) is 1.92. The molecule has 0 radical (unpaired) electrons. The number of sulfonamides is 1. The molecular weight excluding hydrogens is 252 g/mol. The maximum Gasteiger partial charge on any atom is 0.232 e. The third-order valence-corrected chi connectivity index (χ3v) is 3.69. The Morgan fingerprint density at radius 1 is 1.44 bits per heavy atom. The highest BCUT2D eigenvalue weighted by atomic mass is 32.2. The highest BCUT2D eigenvalue weighted by molar-refractivity contribution is 7.92. The zero-order valence-electron chi connectivity index (χ0n) is 10.3. The lowest BCUT2D eigenvalue weighted by Gasteiger charge is -2.21. The van der Waals surface area contributed by atoms with Gasteiger partial charge < -0.3 is 0 Å². The van der Waals surface area contributed by atoms with Crippen LogP contribution in [0.2, 0.25) is 0 Å². The average molecular weight is 266 g/mol. The monoisotopic (exact) mass is 266 g/mol. The summed E-state index contributed by atoms with van der Waals surface area (Å²) in [4.78, 5) is 10.7. The fraction of sp³-hybridized carbons (Fsp3) is 0.333. The van der Waals surface area contributed by atoms with E-state index in [0.717, 1.165) is 16.8 Å². The van der Waals surface area contributed by atoms with Gasteiger partial charge >= 0.3 is 0 Å². The number of anilines is 1. The molecule has 1 aromatic carbocycles. The van der Waals surface area contributed by atoms with E-state index in [1.807, 2.05) is 6.07 Å². The van der Waals surface area contributed by atoms with Gasteiger partial charge in [0.2, 0.25) is 10.0 Å². The van der Waals surface area contributed by atoms with Crippen molar-refractivity contribution >= 4 is 22.0 Å². The zero-order chi connectivity index (χ0) is 13.8. The number of nitriles is 1. The van der Waals surface area contributed by atoms with Crippen molar-refractivity contribution < 1.29 is 13.2 Å². The largest absolute Gasteiger partial charge is 0.298 e. The third kappa shape index (κ3) is 3.31. The van der Waals surface area contributed by atoms with Gasteiger partial charge in [0.05, 0.1) is 24.4 Å². The summed E-state index contributed by atoms with van der Waals surface area (Å²) < 4.78 is 24.5. The van der Waals surface area contributed by atoms with E-state index < -0.39 is 10.0 Å². The number of rotatable bonds is 5. The van der Waals surface area contributed by atoms with Crippen LogP contribution in [-0.2, 0) is 10.0 Å². The first-order valence-corrected chi connectivity index (χ1v) is 7.15. The maximum absolute atomic E-state index is 11.7. The second-order valence-electron chi connectivity index (χ2n) is 3.90. The molecule has 0 unspecified atom stereocenters. The van der Waals surface area contributed by atoms with Crippen LogP contribution in [0.3, 0.4) is 0 Å². The minimum absolute atomic E-state index is 0.106. The molecule has 0 amide bonds. The normalized spacial score (nSPS) is 10.7. The van der Waals surface area contributed by atoms with Crippen LogP contribution in [0.15, 0.2) is 18.2 Å². The van der Waals surface area contributed by atoms with E-state index in [2.05, 4.69) is 0 Å². The summed E-state index contributed by atoms with van der Waals surface area (Å²) in [6, 6.07) is 6.68. The minimum atomic E-state index is -3.43. The van der Waals surface area contributed by atoms with Gasteiger partial charge in [0.25, 0.3) is 0 Å². The van der Waals surface area contributed by atoms with Crippen LogP contribution >= 0.6 is 0 Å². The molecule has 0 aliphatic rings. The Bertz CT molecular complexity index is 588. The second-order valence-corrected chi connectivity index (χ2v) is 5.81. The van der Waals surface area contributed by atoms with E-state index in [4.69, 9.17) is 5.26 Å². The molecule has 0 bridgehead atoms. The highest BCUT2D eigenvalue weighted by Gasteiger charge is 2.17. The summed E-state index contributed by atoms with van der Waals surface area (Å²) in [5.74, 6) is 0. The molecule has 6 heteroatoms. The van der Waals surface area contributed by atoms with E-state index >= 15 is 0 Å². The molecule has 1 aromatic rings. The molecule has 0 aromatic heterocycles. The Balaban J connectivity index is 3.18. The molecule has 5 nitrogen and oxygen atoms in total. The molecular formula is C12H14N2O3S. The van der Waals surface area contributed by atoms with Crippen LogP contribution in [0.4, 0.5) is 5.69 Å². The summed E-state index contributed by atoms with van der Waals surface area (Å²) >= 11 is 0. The van der Waals surface area contributed by atoms with Crippen molar-refractivity contribution in [3.8, 4) is 6.07 Å². The number of carbonyl (C=O) groups is 1. The number of nitrogens with zero attached hydrogens (tertiary/aromatic N) is 2. The number of hydrogen-bond acceptors (Lipinski definition) is 4. The molecule has 0 atom stereocenters. The van der Waals surface area contributed by atoms with E-state index in [1.165, 1.54) is 0 Å². The lowest BCUT2D eigenvalue weighted by atomic mass is 10.1. The van der Waals surface area contributed by atoms with Crippen molar-refractivity contribution in [2.75, 3.05) is 17.1 Å². The van der Waals surface area contributed by atoms with E-state index in [1.54, 1.807) is 25.1 Å². The molecule has 18 heavy (non-hydrogen) atoms. The Hall–Kier alpha value is -1.87. The van der Waals surface area contributed by atoms with Gasteiger partial charge in [-0.05, 0) is 30.7 Å². The van der Waals surface area contributed by atoms with Crippen LogP contribution in [0.5, 0.6) is 0 Å². The van der Waals surface area contributed by atoms with Gasteiger partial charge in [0.1, 0.15) is 6.29 Å². The Kier molecular flexibility index (Phi) is 4.45. The topological polar surface area (TPSA) is 78.2 Å². The van der Waals surface area contributed by atoms with Crippen molar-refractivity contribution in [2.45, 2.75) is 13.3 Å². The minimum Gasteiger partial charge on any atom is -0.298 e. The maximum atomic E-state index is 11.7. The van der Waals surface area contributed by atoms with Crippen molar-refractivity contribution in [3.05, 3.63) is 29.3 Å². The van der Waals surface area contributed by atoms with Crippen LogP contribution in [0.1, 0.15) is 22.3 Å². The first-order valence-electron chi connectivity index (χ1n) is 5.30. The number of aldehydes is 1. The van der Waals surface area contributed by atoms with Crippen molar-refractivity contribution in [2.24, 2.45) is 0 Å². The van der Waals surface area contributed by atoms with Gasteiger partial charge in [-0.25, -0.2) is 8.42 Å². The predicted molar refractivity (Wildman–Crippen MR) is 69.0 cm³/mol. The molecule has 0 spiro atoms. The highest BCUT2D eigenvalue weighted by Crippen LogP contribution is 2.21. The molecule has 0 saturated carbocycles. The first kappa shape index (κ1) is 14.2. The third-order valence-electron chi connectivity index (χ3n) is 2.50. The fourth-order valence-electron chi connectivity index (χ4n) is 1.59. The summed E-state index contributed by atoms with van der Waals surface area (Å²) in [5.41, 5.74) is 1.69. The summed E-state index contributed by atoms with van der Waals surface area (Å²) in [7, 11) is -3.43. The molecule has 96 valence electrons.